The van der Waals surface area contributed by atoms with E-state index in [2.05, 4.69) is 0 Å². The van der Waals surface area contributed by atoms with E-state index < -0.39 is 6.10 Å². The van der Waals surface area contributed by atoms with Crippen LogP contribution in [-0.2, 0) is 0 Å². The Morgan fingerprint density at radius 1 is 1.05 bits per heavy atom. The van der Waals surface area contributed by atoms with E-state index in [-0.39, 0.29) is 0 Å². The van der Waals surface area contributed by atoms with Crippen LogP contribution in [0.5, 0.6) is 5.75 Å². The van der Waals surface area contributed by atoms with Crippen LogP contribution in [-0.4, -0.2) is 11.2 Å². The van der Waals surface area contributed by atoms with Crippen molar-refractivity contribution < 1.29 is 9.84 Å². The molecule has 1 saturated carbocycles. The average molecular weight is 309 g/mol. The first-order chi connectivity index (χ1) is 9.65. The highest BCUT2D eigenvalue weighted by atomic mass is 35.5. The van der Waals surface area contributed by atoms with E-state index in [9.17, 15) is 5.11 Å². The fraction of sp³-hybridized carbons (Fsp3) is 0.250. The summed E-state index contributed by atoms with van der Waals surface area (Å²) >= 11 is 12.3. The fourth-order valence-corrected chi connectivity index (χ4v) is 2.68. The number of hydrogen-bond donors (Lipinski definition) is 1. The lowest BCUT2D eigenvalue weighted by molar-refractivity contribution is 0.219. The zero-order valence-corrected chi connectivity index (χ0v) is 12.2. The molecule has 2 aromatic rings. The molecule has 2 nitrogen and oxygen atoms in total. The van der Waals surface area contributed by atoms with E-state index in [1.165, 1.54) is 0 Å². The number of aliphatic hydroxyl groups is 1. The number of hydrogen-bond acceptors (Lipinski definition) is 2. The highest BCUT2D eigenvalue weighted by Gasteiger charge is 2.24. The van der Waals surface area contributed by atoms with Crippen molar-refractivity contribution >= 4 is 23.2 Å². The average Bonchev–Trinajstić information content (AvgIpc) is 3.22. The van der Waals surface area contributed by atoms with Crippen molar-refractivity contribution in [3.63, 3.8) is 0 Å². The molecule has 2 aromatic carbocycles. The van der Waals surface area contributed by atoms with Crippen LogP contribution in [0.15, 0.2) is 42.5 Å². The molecule has 0 radical (unpaired) electrons. The molecule has 1 atom stereocenters. The summed E-state index contributed by atoms with van der Waals surface area (Å²) in [6.45, 7) is 0. The summed E-state index contributed by atoms with van der Waals surface area (Å²) in [5, 5.41) is 11.4. The van der Waals surface area contributed by atoms with Gasteiger partial charge in [-0.25, -0.2) is 0 Å². The fourth-order valence-electron chi connectivity index (χ4n) is 2.07. The Balaban J connectivity index is 1.91. The molecule has 20 heavy (non-hydrogen) atoms. The minimum absolute atomic E-state index is 0.325. The minimum Gasteiger partial charge on any atom is -0.490 e. The molecule has 0 bridgehead atoms. The molecule has 1 N–H and O–H groups in total. The Bertz CT molecular complexity index is 603. The van der Waals surface area contributed by atoms with Gasteiger partial charge in [-0.05, 0) is 42.7 Å². The molecule has 0 heterocycles. The van der Waals surface area contributed by atoms with E-state index in [4.69, 9.17) is 27.9 Å². The van der Waals surface area contributed by atoms with Crippen molar-refractivity contribution in [2.45, 2.75) is 25.0 Å². The third-order valence-electron chi connectivity index (χ3n) is 3.27. The number of aliphatic hydroxyl groups excluding tert-OH is 1. The summed E-state index contributed by atoms with van der Waals surface area (Å²) in [6.07, 6.45) is 1.66. The predicted octanol–water partition coefficient (Wildman–Crippen LogP) is 4.62. The largest absolute Gasteiger partial charge is 0.490 e. The predicted molar refractivity (Wildman–Crippen MR) is 80.6 cm³/mol. The molecule has 0 aromatic heterocycles. The van der Waals surface area contributed by atoms with Crippen molar-refractivity contribution in [3.8, 4) is 5.75 Å². The van der Waals surface area contributed by atoms with E-state index in [0.717, 1.165) is 24.2 Å². The maximum atomic E-state index is 10.5. The lowest BCUT2D eigenvalue weighted by Gasteiger charge is -2.16. The summed E-state index contributed by atoms with van der Waals surface area (Å²) in [5.74, 6) is 0.771. The van der Waals surface area contributed by atoms with Crippen LogP contribution in [0, 0.1) is 0 Å². The third-order valence-corrected chi connectivity index (χ3v) is 3.93. The molecule has 1 unspecified atom stereocenters. The molecule has 0 aliphatic heterocycles. The molecule has 1 fully saturated rings. The number of benzene rings is 2. The van der Waals surface area contributed by atoms with Crippen molar-refractivity contribution in [3.05, 3.63) is 63.6 Å². The van der Waals surface area contributed by atoms with E-state index in [0.29, 0.717) is 21.7 Å². The molecule has 4 heteroatoms. The van der Waals surface area contributed by atoms with Crippen molar-refractivity contribution in [2.24, 2.45) is 0 Å². The molecule has 104 valence electrons. The van der Waals surface area contributed by atoms with Gasteiger partial charge < -0.3 is 9.84 Å². The van der Waals surface area contributed by atoms with Gasteiger partial charge in [0.2, 0.25) is 0 Å². The van der Waals surface area contributed by atoms with Crippen molar-refractivity contribution in [2.75, 3.05) is 0 Å². The summed E-state index contributed by atoms with van der Waals surface area (Å²) in [7, 11) is 0. The Kier molecular flexibility index (Phi) is 3.88. The lowest BCUT2D eigenvalue weighted by atomic mass is 10.0. The maximum Gasteiger partial charge on any atom is 0.120 e. The van der Waals surface area contributed by atoms with Gasteiger partial charge in [0.15, 0.2) is 0 Å². The topological polar surface area (TPSA) is 29.5 Å². The number of rotatable bonds is 4. The lowest BCUT2D eigenvalue weighted by Crippen LogP contribution is -2.03. The molecule has 3 rings (SSSR count). The first kappa shape index (κ1) is 13.7. The van der Waals surface area contributed by atoms with Gasteiger partial charge in [0, 0.05) is 15.6 Å². The Morgan fingerprint density at radius 3 is 2.35 bits per heavy atom. The first-order valence-electron chi connectivity index (χ1n) is 6.54. The molecule has 0 saturated heterocycles. The number of halogens is 2. The van der Waals surface area contributed by atoms with Gasteiger partial charge in [0.05, 0.1) is 6.10 Å². The van der Waals surface area contributed by atoms with Gasteiger partial charge in [-0.1, -0.05) is 41.4 Å². The second-order valence-electron chi connectivity index (χ2n) is 4.93. The maximum absolute atomic E-state index is 10.5. The van der Waals surface area contributed by atoms with Crippen LogP contribution in [0.4, 0.5) is 0 Å². The zero-order chi connectivity index (χ0) is 14.1. The van der Waals surface area contributed by atoms with Gasteiger partial charge >= 0.3 is 0 Å². The number of ether oxygens (including phenoxy) is 1. The van der Waals surface area contributed by atoms with Gasteiger partial charge in [-0.15, -0.1) is 0 Å². The van der Waals surface area contributed by atoms with Crippen LogP contribution in [0.1, 0.15) is 30.1 Å². The molecule has 0 spiro atoms. The molecular formula is C16H14Cl2O2. The third kappa shape index (κ3) is 2.93. The van der Waals surface area contributed by atoms with Crippen LogP contribution in [0.3, 0.4) is 0 Å². The van der Waals surface area contributed by atoms with E-state index in [1.807, 2.05) is 24.3 Å². The molecule has 1 aliphatic rings. The standard InChI is InChI=1S/C16H14Cl2O2/c17-13-5-2-6-14(18)15(13)16(19)10-3-1-4-12(9-10)20-11-7-8-11/h1-6,9,11,16,19H,7-8H2. The SMILES string of the molecule is OC(c1cccc(OC2CC2)c1)c1c(Cl)cccc1Cl. The quantitative estimate of drug-likeness (QED) is 0.893. The van der Waals surface area contributed by atoms with Gasteiger partial charge in [-0.3, -0.25) is 0 Å². The van der Waals surface area contributed by atoms with Crippen molar-refractivity contribution in [1.82, 2.24) is 0 Å². The summed E-state index contributed by atoms with van der Waals surface area (Å²) in [4.78, 5) is 0. The molecular weight excluding hydrogens is 295 g/mol. The van der Waals surface area contributed by atoms with Crippen LogP contribution in [0.2, 0.25) is 10.0 Å². The van der Waals surface area contributed by atoms with E-state index in [1.54, 1.807) is 18.2 Å². The molecule has 0 amide bonds. The molecule has 1 aliphatic carbocycles. The zero-order valence-electron chi connectivity index (χ0n) is 10.7. The second kappa shape index (κ2) is 5.65. The monoisotopic (exact) mass is 308 g/mol. The Labute approximate surface area is 127 Å². The summed E-state index contributed by atoms with van der Waals surface area (Å²) < 4.78 is 5.74. The highest BCUT2D eigenvalue weighted by molar-refractivity contribution is 6.36. The van der Waals surface area contributed by atoms with Crippen LogP contribution >= 0.6 is 23.2 Å². The Morgan fingerprint density at radius 2 is 1.70 bits per heavy atom. The summed E-state index contributed by atoms with van der Waals surface area (Å²) in [6, 6.07) is 12.6. The normalized spacial score (nSPS) is 15.9. The second-order valence-corrected chi connectivity index (χ2v) is 5.74. The smallest absolute Gasteiger partial charge is 0.120 e. The first-order valence-corrected chi connectivity index (χ1v) is 7.29. The Hall–Kier alpha value is -1.22. The van der Waals surface area contributed by atoms with Crippen LogP contribution in [0.25, 0.3) is 0 Å². The summed E-state index contributed by atoms with van der Waals surface area (Å²) in [5.41, 5.74) is 1.25. The van der Waals surface area contributed by atoms with Crippen molar-refractivity contribution in [1.29, 1.82) is 0 Å². The van der Waals surface area contributed by atoms with Gasteiger partial charge in [0.25, 0.3) is 0 Å². The minimum atomic E-state index is -0.862. The van der Waals surface area contributed by atoms with Gasteiger partial charge in [-0.2, -0.15) is 0 Å². The van der Waals surface area contributed by atoms with E-state index >= 15 is 0 Å². The highest BCUT2D eigenvalue weighted by Crippen LogP contribution is 2.35. The van der Waals surface area contributed by atoms with Crippen LogP contribution < -0.4 is 4.74 Å². The van der Waals surface area contributed by atoms with Gasteiger partial charge in [0.1, 0.15) is 11.9 Å².